The largest absolute Gasteiger partial charge is 0.348 e. The Bertz CT molecular complexity index is 1240. The molecule has 1 unspecified atom stereocenters. The summed E-state index contributed by atoms with van der Waals surface area (Å²) in [7, 11) is 1.95. The molecule has 2 aromatic heterocycles. The predicted molar refractivity (Wildman–Crippen MR) is 113 cm³/mol. The van der Waals surface area contributed by atoms with E-state index >= 15 is 0 Å². The van der Waals surface area contributed by atoms with Crippen molar-refractivity contribution in [2.45, 2.75) is 31.8 Å². The van der Waals surface area contributed by atoms with Crippen LogP contribution in [0.15, 0.2) is 59.5 Å². The first-order chi connectivity index (χ1) is 14.1. The lowest BCUT2D eigenvalue weighted by Gasteiger charge is -2.24. The second-order valence-electron chi connectivity index (χ2n) is 7.63. The smallest absolute Gasteiger partial charge is 0.240 e. The second-order valence-corrected chi connectivity index (χ2v) is 7.63. The van der Waals surface area contributed by atoms with Gasteiger partial charge in [0.15, 0.2) is 5.43 Å². The van der Waals surface area contributed by atoms with Crippen LogP contribution in [-0.2, 0) is 24.8 Å². The highest BCUT2D eigenvalue weighted by molar-refractivity contribution is 5.94. The zero-order chi connectivity index (χ0) is 20.0. The number of para-hydroxylation sites is 2. The highest BCUT2D eigenvalue weighted by Crippen LogP contribution is 2.29. The molecule has 6 nitrogen and oxygen atoms in total. The number of aromatic nitrogens is 3. The number of nitrogens with one attached hydrogen (secondary N) is 1. The molecule has 1 atom stereocenters. The van der Waals surface area contributed by atoms with Crippen molar-refractivity contribution < 1.29 is 4.79 Å². The average molecular weight is 386 g/mol. The molecule has 1 amide bonds. The van der Waals surface area contributed by atoms with Crippen molar-refractivity contribution in [3.63, 3.8) is 0 Å². The number of carbonyl (C=O) groups excluding carboxylic acids is 1. The Morgan fingerprint density at radius 1 is 1.10 bits per heavy atom. The number of benzene rings is 2. The van der Waals surface area contributed by atoms with E-state index in [9.17, 15) is 9.59 Å². The lowest BCUT2D eigenvalue weighted by molar-refractivity contribution is -0.122. The highest BCUT2D eigenvalue weighted by atomic mass is 16.2. The van der Waals surface area contributed by atoms with Crippen molar-refractivity contribution >= 4 is 27.7 Å². The van der Waals surface area contributed by atoms with Crippen molar-refractivity contribution in [1.82, 2.24) is 19.7 Å². The zero-order valence-corrected chi connectivity index (χ0v) is 16.3. The predicted octanol–water partition coefficient (Wildman–Crippen LogP) is 3.08. The summed E-state index contributed by atoms with van der Waals surface area (Å²) in [5.74, 6) is -0.0642. The second kappa shape index (κ2) is 6.88. The maximum absolute atomic E-state index is 13.0. The van der Waals surface area contributed by atoms with Crippen LogP contribution in [0.4, 0.5) is 0 Å². The third-order valence-electron chi connectivity index (χ3n) is 5.89. The molecule has 29 heavy (non-hydrogen) atoms. The normalized spacial score (nSPS) is 16.1. The summed E-state index contributed by atoms with van der Waals surface area (Å²) in [4.78, 5) is 25.9. The van der Waals surface area contributed by atoms with Gasteiger partial charge in [-0.3, -0.25) is 14.3 Å². The third kappa shape index (κ3) is 2.92. The molecule has 1 aliphatic carbocycles. The first kappa shape index (κ1) is 17.7. The number of nitrogens with zero attached hydrogens (tertiary/aromatic N) is 3. The average Bonchev–Trinajstić information content (AvgIpc) is 3.13. The molecule has 1 N–H and O–H groups in total. The van der Waals surface area contributed by atoms with Crippen molar-refractivity contribution in [1.29, 1.82) is 0 Å². The van der Waals surface area contributed by atoms with E-state index in [0.717, 1.165) is 35.9 Å². The minimum atomic E-state index is -0.0642. The first-order valence-corrected chi connectivity index (χ1v) is 9.94. The van der Waals surface area contributed by atoms with Crippen LogP contribution in [0.5, 0.6) is 0 Å². The maximum atomic E-state index is 13.0. The van der Waals surface area contributed by atoms with Gasteiger partial charge in [0.2, 0.25) is 5.91 Å². The summed E-state index contributed by atoms with van der Waals surface area (Å²) in [5.41, 5.74) is 3.86. The zero-order valence-electron chi connectivity index (χ0n) is 16.3. The van der Waals surface area contributed by atoms with E-state index in [2.05, 4.69) is 10.4 Å². The standard InChI is InChI=1S/C23H22N4O2/c1-26-19-12-6-9-18(17(19)13-24-26)25-22(28)14-27-20-10-4-2-7-15(20)23(29)16-8-3-5-11-21(16)27/h2-5,7-8,10-11,13,18H,6,9,12,14H2,1H3,(H,25,28). The van der Waals surface area contributed by atoms with Gasteiger partial charge in [0.05, 0.1) is 23.3 Å². The van der Waals surface area contributed by atoms with Crippen molar-refractivity contribution in [2.24, 2.45) is 7.05 Å². The number of carbonyl (C=O) groups is 1. The van der Waals surface area contributed by atoms with E-state index in [1.54, 1.807) is 0 Å². The fourth-order valence-electron chi connectivity index (χ4n) is 4.49. The summed E-state index contributed by atoms with van der Waals surface area (Å²) in [6.45, 7) is 0.160. The molecule has 6 heteroatoms. The molecular formula is C23H22N4O2. The molecular weight excluding hydrogens is 364 g/mol. The molecule has 0 radical (unpaired) electrons. The van der Waals surface area contributed by atoms with Crippen LogP contribution in [0.1, 0.15) is 30.1 Å². The molecule has 4 aromatic rings. The van der Waals surface area contributed by atoms with Crippen molar-refractivity contribution in [3.8, 4) is 0 Å². The van der Waals surface area contributed by atoms with Gasteiger partial charge in [-0.2, -0.15) is 5.10 Å². The van der Waals surface area contributed by atoms with E-state index < -0.39 is 0 Å². The van der Waals surface area contributed by atoms with Crippen molar-refractivity contribution in [3.05, 3.63) is 76.2 Å². The lowest BCUT2D eigenvalue weighted by atomic mass is 9.93. The van der Waals surface area contributed by atoms with Crippen LogP contribution in [-0.4, -0.2) is 20.3 Å². The molecule has 2 heterocycles. The molecule has 0 saturated carbocycles. The van der Waals surface area contributed by atoms with Crippen LogP contribution < -0.4 is 10.7 Å². The number of fused-ring (bicyclic) bond motifs is 3. The molecule has 146 valence electrons. The third-order valence-corrected chi connectivity index (χ3v) is 5.89. The Morgan fingerprint density at radius 3 is 2.45 bits per heavy atom. The van der Waals surface area contributed by atoms with Crippen LogP contribution in [0.25, 0.3) is 21.8 Å². The minimum absolute atomic E-state index is 0.000130. The SMILES string of the molecule is Cn1ncc2c1CCCC2NC(=O)Cn1c2ccccc2c(=O)c2ccccc21. The molecule has 5 rings (SSSR count). The van der Waals surface area contributed by atoms with Gasteiger partial charge in [0.25, 0.3) is 0 Å². The number of hydrogen-bond donors (Lipinski definition) is 1. The topological polar surface area (TPSA) is 68.9 Å². The van der Waals surface area contributed by atoms with Gasteiger partial charge in [0.1, 0.15) is 6.54 Å². The quantitative estimate of drug-likeness (QED) is 0.550. The number of aryl methyl sites for hydroxylation is 1. The van der Waals surface area contributed by atoms with Crippen LogP contribution >= 0.6 is 0 Å². The van der Waals surface area contributed by atoms with E-state index in [4.69, 9.17) is 0 Å². The molecule has 0 bridgehead atoms. The van der Waals surface area contributed by atoms with Gasteiger partial charge in [0, 0.05) is 29.1 Å². The van der Waals surface area contributed by atoms with Gasteiger partial charge < -0.3 is 9.88 Å². The van der Waals surface area contributed by atoms with Crippen LogP contribution in [0.3, 0.4) is 0 Å². The van der Waals surface area contributed by atoms with Gasteiger partial charge >= 0.3 is 0 Å². The summed E-state index contributed by atoms with van der Waals surface area (Å²) < 4.78 is 3.84. The van der Waals surface area contributed by atoms with Crippen LogP contribution in [0.2, 0.25) is 0 Å². The molecule has 0 aliphatic heterocycles. The highest BCUT2D eigenvalue weighted by Gasteiger charge is 2.25. The Labute approximate surface area is 167 Å². The monoisotopic (exact) mass is 386 g/mol. The Balaban J connectivity index is 1.53. The van der Waals surface area contributed by atoms with E-state index in [1.807, 2.05) is 71.0 Å². The summed E-state index contributed by atoms with van der Waals surface area (Å²) in [6, 6.07) is 14.9. The summed E-state index contributed by atoms with van der Waals surface area (Å²) in [5, 5.41) is 8.81. The number of hydrogen-bond acceptors (Lipinski definition) is 3. The molecule has 1 aliphatic rings. The van der Waals surface area contributed by atoms with E-state index in [-0.39, 0.29) is 23.9 Å². The maximum Gasteiger partial charge on any atom is 0.240 e. The Kier molecular flexibility index (Phi) is 4.19. The van der Waals surface area contributed by atoms with Gasteiger partial charge in [-0.25, -0.2) is 0 Å². The fraction of sp³-hybridized carbons (Fsp3) is 0.261. The minimum Gasteiger partial charge on any atom is -0.348 e. The first-order valence-electron chi connectivity index (χ1n) is 9.94. The molecule has 0 saturated heterocycles. The summed E-state index contributed by atoms with van der Waals surface area (Å²) in [6.07, 6.45) is 4.80. The molecule has 2 aromatic carbocycles. The number of pyridine rings is 1. The fourth-order valence-corrected chi connectivity index (χ4v) is 4.49. The van der Waals surface area contributed by atoms with Crippen LogP contribution in [0, 0.1) is 0 Å². The van der Waals surface area contributed by atoms with E-state index in [0.29, 0.717) is 10.8 Å². The Morgan fingerprint density at radius 2 is 1.76 bits per heavy atom. The van der Waals surface area contributed by atoms with Gasteiger partial charge in [-0.1, -0.05) is 24.3 Å². The summed E-state index contributed by atoms with van der Waals surface area (Å²) >= 11 is 0. The van der Waals surface area contributed by atoms with Gasteiger partial charge in [-0.15, -0.1) is 0 Å². The molecule has 0 spiro atoms. The number of rotatable bonds is 3. The van der Waals surface area contributed by atoms with E-state index in [1.165, 1.54) is 5.69 Å². The Hall–Kier alpha value is -3.41. The lowest BCUT2D eigenvalue weighted by Crippen LogP contribution is -2.33. The van der Waals surface area contributed by atoms with Crippen molar-refractivity contribution in [2.75, 3.05) is 0 Å². The molecule has 0 fully saturated rings. The number of amides is 1. The van der Waals surface area contributed by atoms with Gasteiger partial charge in [-0.05, 0) is 43.5 Å².